The number of nitrogens with one attached hydrogen (secondary N) is 1. The highest BCUT2D eigenvalue weighted by atomic mass is 32.2. The minimum Gasteiger partial charge on any atom is -0.406 e. The molecular formula is C32H31F3N6O3S. The van der Waals surface area contributed by atoms with E-state index >= 15 is 0 Å². The van der Waals surface area contributed by atoms with E-state index < -0.39 is 12.4 Å². The molecule has 45 heavy (non-hydrogen) atoms. The smallest absolute Gasteiger partial charge is 0.406 e. The average Bonchev–Trinajstić information content (AvgIpc) is 3.63. The number of aromatic nitrogens is 3. The number of thioether (sulfide) groups is 1. The Labute approximate surface area is 262 Å². The molecule has 0 aliphatic carbocycles. The van der Waals surface area contributed by atoms with E-state index in [0.29, 0.717) is 36.1 Å². The Morgan fingerprint density at radius 3 is 2.53 bits per heavy atom. The van der Waals surface area contributed by atoms with Gasteiger partial charge in [0.05, 0.1) is 17.1 Å². The monoisotopic (exact) mass is 636 g/mol. The van der Waals surface area contributed by atoms with Crippen LogP contribution < -0.4 is 15.0 Å². The van der Waals surface area contributed by atoms with Crippen LogP contribution in [0.3, 0.4) is 0 Å². The van der Waals surface area contributed by atoms with Gasteiger partial charge in [0.2, 0.25) is 5.91 Å². The summed E-state index contributed by atoms with van der Waals surface area (Å²) in [6, 6.07) is 18.6. The van der Waals surface area contributed by atoms with E-state index in [1.54, 1.807) is 4.90 Å². The van der Waals surface area contributed by atoms with Crippen LogP contribution in [-0.2, 0) is 17.6 Å². The Bertz CT molecular complexity index is 1690. The highest BCUT2D eigenvalue weighted by Crippen LogP contribution is 2.31. The molecule has 4 aromatic rings. The van der Waals surface area contributed by atoms with Crippen LogP contribution in [0.2, 0.25) is 0 Å². The van der Waals surface area contributed by atoms with Crippen molar-refractivity contribution in [2.75, 3.05) is 17.2 Å². The molecule has 5 rings (SSSR count). The second-order valence-corrected chi connectivity index (χ2v) is 11.3. The minimum absolute atomic E-state index is 0.0893. The second-order valence-electron chi connectivity index (χ2n) is 10.4. The van der Waals surface area contributed by atoms with Crippen LogP contribution in [-0.4, -0.2) is 50.5 Å². The molecule has 1 aromatic heterocycles. The molecule has 2 heterocycles. The molecule has 0 radical (unpaired) electrons. The Balaban J connectivity index is 1.13. The molecule has 1 saturated heterocycles. The highest BCUT2D eigenvalue weighted by molar-refractivity contribution is 8.15. The SMILES string of the molecule is CCCc1ccc(C)cc1N1C(=O)CS/C1=N\C(=O)NCCCc1ccc(-c2ncn(-c3ccc(OC(F)(F)F)cc3)n2)cc1. The zero-order valence-corrected chi connectivity index (χ0v) is 25.5. The number of hydrogen-bond donors (Lipinski definition) is 1. The van der Waals surface area contributed by atoms with Gasteiger partial charge in [0, 0.05) is 12.1 Å². The van der Waals surface area contributed by atoms with Crippen molar-refractivity contribution >= 4 is 34.6 Å². The normalized spacial score (nSPS) is 14.3. The maximum Gasteiger partial charge on any atom is 0.573 e. The van der Waals surface area contributed by atoms with Crippen molar-refractivity contribution in [3.05, 3.63) is 89.7 Å². The molecule has 3 aromatic carbocycles. The molecule has 0 spiro atoms. The van der Waals surface area contributed by atoms with Gasteiger partial charge in [-0.1, -0.05) is 61.5 Å². The molecule has 0 atom stereocenters. The van der Waals surface area contributed by atoms with Gasteiger partial charge in [0.15, 0.2) is 11.0 Å². The predicted octanol–water partition coefficient (Wildman–Crippen LogP) is 6.87. The van der Waals surface area contributed by atoms with Crippen molar-refractivity contribution in [2.24, 2.45) is 4.99 Å². The fourth-order valence-electron chi connectivity index (χ4n) is 4.80. The van der Waals surface area contributed by atoms with Gasteiger partial charge in [-0.25, -0.2) is 14.5 Å². The number of carbonyl (C=O) groups is 2. The van der Waals surface area contributed by atoms with Gasteiger partial charge in [-0.2, -0.15) is 4.99 Å². The molecular weight excluding hydrogens is 605 g/mol. The Morgan fingerprint density at radius 2 is 1.82 bits per heavy atom. The molecule has 0 unspecified atom stereocenters. The van der Waals surface area contributed by atoms with Crippen LogP contribution in [0.1, 0.15) is 36.5 Å². The van der Waals surface area contributed by atoms with E-state index in [-0.39, 0.29) is 17.4 Å². The number of benzene rings is 3. The van der Waals surface area contributed by atoms with Crippen LogP contribution >= 0.6 is 11.8 Å². The number of amidine groups is 1. The van der Waals surface area contributed by atoms with Crippen molar-refractivity contribution < 1.29 is 27.5 Å². The Hall–Kier alpha value is -4.65. The van der Waals surface area contributed by atoms with Crippen molar-refractivity contribution in [2.45, 2.75) is 45.9 Å². The number of ether oxygens (including phenoxy) is 1. The lowest BCUT2D eigenvalue weighted by atomic mass is 10.0. The number of urea groups is 1. The fourth-order valence-corrected chi connectivity index (χ4v) is 5.66. The van der Waals surface area contributed by atoms with Crippen LogP contribution in [0.4, 0.5) is 23.7 Å². The van der Waals surface area contributed by atoms with Crippen molar-refractivity contribution in [1.29, 1.82) is 0 Å². The summed E-state index contributed by atoms with van der Waals surface area (Å²) in [5.74, 6) is 0.303. The van der Waals surface area contributed by atoms with Gasteiger partial charge >= 0.3 is 12.4 Å². The molecule has 0 bridgehead atoms. The van der Waals surface area contributed by atoms with Crippen LogP contribution in [0.5, 0.6) is 5.75 Å². The number of aryl methyl sites for hydroxylation is 3. The van der Waals surface area contributed by atoms with Crippen molar-refractivity contribution in [3.63, 3.8) is 0 Å². The number of amides is 3. The quantitative estimate of drug-likeness (QED) is 0.191. The van der Waals surface area contributed by atoms with E-state index in [9.17, 15) is 22.8 Å². The van der Waals surface area contributed by atoms with Gasteiger partial charge < -0.3 is 10.1 Å². The van der Waals surface area contributed by atoms with E-state index in [1.165, 1.54) is 47.0 Å². The largest absolute Gasteiger partial charge is 0.573 e. The Morgan fingerprint density at radius 1 is 1.07 bits per heavy atom. The molecule has 1 fully saturated rings. The van der Waals surface area contributed by atoms with E-state index in [1.807, 2.05) is 49.4 Å². The molecule has 1 aliphatic heterocycles. The minimum atomic E-state index is -4.75. The third-order valence-electron chi connectivity index (χ3n) is 6.92. The maximum atomic E-state index is 12.7. The summed E-state index contributed by atoms with van der Waals surface area (Å²) in [5, 5.41) is 7.64. The third kappa shape index (κ3) is 8.29. The third-order valence-corrected chi connectivity index (χ3v) is 7.84. The molecule has 9 nitrogen and oxygen atoms in total. The van der Waals surface area contributed by atoms with Crippen LogP contribution in [0.25, 0.3) is 17.1 Å². The average molecular weight is 637 g/mol. The molecule has 0 saturated carbocycles. The summed E-state index contributed by atoms with van der Waals surface area (Å²) in [5.41, 5.74) is 5.25. The number of hydrogen-bond acceptors (Lipinski definition) is 6. The zero-order chi connectivity index (χ0) is 32.0. The summed E-state index contributed by atoms with van der Waals surface area (Å²) < 4.78 is 42.6. The summed E-state index contributed by atoms with van der Waals surface area (Å²) >= 11 is 1.26. The standard InChI is InChI=1S/C32H31F3N6O3S/c1-3-5-23-10-7-21(2)18-27(23)41-28(42)19-45-31(41)38-30(43)36-17-4-6-22-8-11-24(12-9-22)29-37-20-40(39-29)25-13-15-26(16-14-25)44-32(33,34)35/h7-16,18,20H,3-6,17,19H2,1-2H3,(H,36,43)/b38-31-. The predicted molar refractivity (Wildman–Crippen MR) is 168 cm³/mol. The van der Waals surface area contributed by atoms with Gasteiger partial charge in [-0.3, -0.25) is 9.69 Å². The molecule has 3 amide bonds. The summed E-state index contributed by atoms with van der Waals surface area (Å²) in [6.45, 7) is 4.47. The molecule has 1 aliphatic rings. The summed E-state index contributed by atoms with van der Waals surface area (Å²) in [4.78, 5) is 35.4. The zero-order valence-electron chi connectivity index (χ0n) is 24.7. The molecule has 234 valence electrons. The summed E-state index contributed by atoms with van der Waals surface area (Å²) in [6.07, 6.45) is -0.102. The van der Waals surface area contributed by atoms with Crippen molar-refractivity contribution in [3.8, 4) is 22.8 Å². The lowest BCUT2D eigenvalue weighted by molar-refractivity contribution is -0.274. The number of carbonyl (C=O) groups excluding carboxylic acids is 2. The first-order valence-electron chi connectivity index (χ1n) is 14.4. The van der Waals surface area contributed by atoms with Gasteiger partial charge in [0.1, 0.15) is 12.1 Å². The number of rotatable bonds is 10. The lowest BCUT2D eigenvalue weighted by Gasteiger charge is -2.20. The topological polar surface area (TPSA) is 102 Å². The lowest BCUT2D eigenvalue weighted by Crippen LogP contribution is -2.32. The number of alkyl halides is 3. The van der Waals surface area contributed by atoms with Gasteiger partial charge in [0.25, 0.3) is 0 Å². The first-order valence-corrected chi connectivity index (χ1v) is 15.4. The maximum absolute atomic E-state index is 12.7. The Kier molecular flexibility index (Phi) is 9.87. The molecule has 1 N–H and O–H groups in total. The number of anilines is 1. The van der Waals surface area contributed by atoms with Crippen molar-refractivity contribution in [1.82, 2.24) is 20.1 Å². The second kappa shape index (κ2) is 14.0. The van der Waals surface area contributed by atoms with Gasteiger partial charge in [-0.05, 0) is 73.2 Å². The first kappa shape index (κ1) is 31.8. The van der Waals surface area contributed by atoms with Crippen LogP contribution in [0, 0.1) is 6.92 Å². The fraction of sp³-hybridized carbons (Fsp3) is 0.281. The number of aliphatic imine (C=N–C) groups is 1. The first-order chi connectivity index (χ1) is 21.6. The van der Waals surface area contributed by atoms with E-state index in [4.69, 9.17) is 0 Å². The van der Waals surface area contributed by atoms with Crippen LogP contribution in [0.15, 0.2) is 78.0 Å². The van der Waals surface area contributed by atoms with E-state index in [2.05, 4.69) is 32.1 Å². The van der Waals surface area contributed by atoms with E-state index in [0.717, 1.165) is 40.8 Å². The highest BCUT2D eigenvalue weighted by Gasteiger charge is 2.32. The molecule has 13 heteroatoms. The van der Waals surface area contributed by atoms with Gasteiger partial charge in [-0.15, -0.1) is 18.3 Å². The number of halogens is 3. The number of nitrogens with zero attached hydrogens (tertiary/aromatic N) is 5. The summed E-state index contributed by atoms with van der Waals surface area (Å²) in [7, 11) is 0.